The zero-order valence-electron chi connectivity index (χ0n) is 14.4. The van der Waals surface area contributed by atoms with E-state index in [1.807, 2.05) is 43.3 Å². The molecule has 126 valence electrons. The largest absolute Gasteiger partial charge is 0.350 e. The molecule has 0 aliphatic rings. The highest BCUT2D eigenvalue weighted by molar-refractivity contribution is 5.80. The van der Waals surface area contributed by atoms with Crippen molar-refractivity contribution in [3.05, 3.63) is 83.0 Å². The molecule has 0 bridgehead atoms. The van der Waals surface area contributed by atoms with E-state index in [2.05, 4.69) is 57.0 Å². The van der Waals surface area contributed by atoms with Crippen LogP contribution in [-0.4, -0.2) is 16.2 Å². The summed E-state index contributed by atoms with van der Waals surface area (Å²) in [6.07, 6.45) is 1.77. The van der Waals surface area contributed by atoms with E-state index < -0.39 is 0 Å². The van der Waals surface area contributed by atoms with Gasteiger partial charge in [0, 0.05) is 18.3 Å². The second-order valence-corrected chi connectivity index (χ2v) is 5.84. The molecule has 0 fully saturated rings. The summed E-state index contributed by atoms with van der Waals surface area (Å²) in [6.45, 7) is 4.67. The lowest BCUT2D eigenvalue weighted by molar-refractivity contribution is 1.02. The molecule has 0 aliphatic heterocycles. The number of aryl methyl sites for hydroxylation is 2. The van der Waals surface area contributed by atoms with Gasteiger partial charge in [-0.15, -0.1) is 0 Å². The van der Waals surface area contributed by atoms with Crippen molar-refractivity contribution in [1.82, 2.24) is 9.97 Å². The summed E-state index contributed by atoms with van der Waals surface area (Å²) in [5.74, 6) is 1.24. The van der Waals surface area contributed by atoms with E-state index in [-0.39, 0.29) is 0 Å². The van der Waals surface area contributed by atoms with Gasteiger partial charge in [0.1, 0.15) is 0 Å². The third kappa shape index (κ3) is 5.14. The molecular formula is C20H21N5. The van der Waals surface area contributed by atoms with Gasteiger partial charge in [-0.1, -0.05) is 60.2 Å². The Kier molecular flexibility index (Phi) is 5.36. The van der Waals surface area contributed by atoms with Gasteiger partial charge in [0.2, 0.25) is 5.95 Å². The average Bonchev–Trinajstić information content (AvgIpc) is 2.62. The van der Waals surface area contributed by atoms with Gasteiger partial charge in [-0.25, -0.2) is 4.98 Å². The molecule has 3 aromatic rings. The quantitative estimate of drug-likeness (QED) is 0.526. The molecule has 0 amide bonds. The minimum atomic E-state index is 0.580. The first-order valence-electron chi connectivity index (χ1n) is 8.18. The highest BCUT2D eigenvalue weighted by Crippen LogP contribution is 2.11. The van der Waals surface area contributed by atoms with Gasteiger partial charge in [-0.2, -0.15) is 10.1 Å². The second-order valence-electron chi connectivity index (χ2n) is 5.84. The van der Waals surface area contributed by atoms with E-state index >= 15 is 0 Å². The lowest BCUT2D eigenvalue weighted by Crippen LogP contribution is -2.06. The van der Waals surface area contributed by atoms with Crippen LogP contribution >= 0.6 is 0 Å². The summed E-state index contributed by atoms with van der Waals surface area (Å²) in [4.78, 5) is 8.86. The smallest absolute Gasteiger partial charge is 0.225 e. The molecule has 2 aromatic carbocycles. The van der Waals surface area contributed by atoms with Gasteiger partial charge >= 0.3 is 0 Å². The van der Waals surface area contributed by atoms with Crippen LogP contribution in [0.2, 0.25) is 0 Å². The first kappa shape index (κ1) is 16.6. The van der Waals surface area contributed by atoms with Crippen LogP contribution in [0.4, 0.5) is 11.8 Å². The topological polar surface area (TPSA) is 62.2 Å². The standard InChI is InChI=1S/C20H21N5/c1-15-8-10-18(11-9-15)14-22-25-19-12-16(2)23-20(24-19)21-13-17-6-4-3-5-7-17/h3-12,14H,13H2,1-2H3,(H2,21,23,24,25). The maximum Gasteiger partial charge on any atom is 0.225 e. The normalized spacial score (nSPS) is 10.8. The number of benzene rings is 2. The minimum absolute atomic E-state index is 0.580. The number of nitrogens with zero attached hydrogens (tertiary/aromatic N) is 3. The summed E-state index contributed by atoms with van der Waals surface area (Å²) in [7, 11) is 0. The lowest BCUT2D eigenvalue weighted by atomic mass is 10.2. The molecule has 0 aliphatic carbocycles. The molecule has 0 unspecified atom stereocenters. The Morgan fingerprint density at radius 2 is 1.72 bits per heavy atom. The van der Waals surface area contributed by atoms with E-state index in [1.165, 1.54) is 11.1 Å². The number of nitrogens with one attached hydrogen (secondary N) is 2. The molecular weight excluding hydrogens is 310 g/mol. The number of anilines is 2. The fraction of sp³-hybridized carbons (Fsp3) is 0.150. The summed E-state index contributed by atoms with van der Waals surface area (Å²) >= 11 is 0. The van der Waals surface area contributed by atoms with Crippen LogP contribution in [0.25, 0.3) is 0 Å². The van der Waals surface area contributed by atoms with Crippen LogP contribution in [0.5, 0.6) is 0 Å². The van der Waals surface area contributed by atoms with E-state index in [1.54, 1.807) is 6.21 Å². The third-order valence-corrected chi connectivity index (χ3v) is 3.62. The number of hydrogen-bond donors (Lipinski definition) is 2. The van der Waals surface area contributed by atoms with E-state index in [0.29, 0.717) is 18.3 Å². The van der Waals surface area contributed by atoms with Crippen molar-refractivity contribution in [3.8, 4) is 0 Å². The van der Waals surface area contributed by atoms with Crippen LogP contribution < -0.4 is 10.7 Å². The van der Waals surface area contributed by atoms with Crippen LogP contribution in [0.1, 0.15) is 22.4 Å². The summed E-state index contributed by atoms with van der Waals surface area (Å²) < 4.78 is 0. The SMILES string of the molecule is Cc1ccc(C=NNc2cc(C)nc(NCc3ccccc3)n2)cc1. The Labute approximate surface area is 147 Å². The molecule has 3 rings (SSSR count). The van der Waals surface area contributed by atoms with Crippen molar-refractivity contribution in [2.75, 3.05) is 10.7 Å². The molecule has 5 nitrogen and oxygen atoms in total. The van der Waals surface area contributed by atoms with Gasteiger partial charge in [-0.3, -0.25) is 5.43 Å². The zero-order chi connectivity index (χ0) is 17.5. The first-order chi connectivity index (χ1) is 12.2. The Morgan fingerprint density at radius 3 is 2.48 bits per heavy atom. The van der Waals surface area contributed by atoms with Crippen molar-refractivity contribution < 1.29 is 0 Å². The number of aromatic nitrogens is 2. The van der Waals surface area contributed by atoms with Gasteiger partial charge in [0.25, 0.3) is 0 Å². The van der Waals surface area contributed by atoms with Crippen LogP contribution in [-0.2, 0) is 6.54 Å². The Morgan fingerprint density at radius 1 is 0.960 bits per heavy atom. The molecule has 0 spiro atoms. The van der Waals surface area contributed by atoms with Crippen LogP contribution in [0.3, 0.4) is 0 Å². The van der Waals surface area contributed by atoms with Crippen molar-refractivity contribution in [2.24, 2.45) is 5.10 Å². The minimum Gasteiger partial charge on any atom is -0.350 e. The fourth-order valence-electron chi connectivity index (χ4n) is 2.31. The van der Waals surface area contributed by atoms with E-state index in [9.17, 15) is 0 Å². The Bertz CT molecular complexity index is 842. The summed E-state index contributed by atoms with van der Waals surface area (Å²) in [5, 5.41) is 7.49. The lowest BCUT2D eigenvalue weighted by Gasteiger charge is -2.08. The van der Waals surface area contributed by atoms with Gasteiger partial charge in [-0.05, 0) is 25.0 Å². The Hall–Kier alpha value is -3.21. The predicted molar refractivity (Wildman–Crippen MR) is 103 cm³/mol. The molecule has 1 heterocycles. The van der Waals surface area contributed by atoms with E-state index in [0.717, 1.165) is 11.3 Å². The van der Waals surface area contributed by atoms with Crippen molar-refractivity contribution in [2.45, 2.75) is 20.4 Å². The maximum absolute atomic E-state index is 4.45. The van der Waals surface area contributed by atoms with Gasteiger partial charge < -0.3 is 5.32 Å². The van der Waals surface area contributed by atoms with Crippen molar-refractivity contribution in [1.29, 1.82) is 0 Å². The summed E-state index contributed by atoms with van der Waals surface area (Å²) in [5.41, 5.74) is 7.28. The molecule has 0 radical (unpaired) electrons. The van der Waals surface area contributed by atoms with Gasteiger partial charge in [0.05, 0.1) is 6.21 Å². The monoisotopic (exact) mass is 331 g/mol. The molecule has 5 heteroatoms. The number of hydrogen-bond acceptors (Lipinski definition) is 5. The second kappa shape index (κ2) is 8.06. The highest BCUT2D eigenvalue weighted by Gasteiger charge is 2.01. The van der Waals surface area contributed by atoms with E-state index in [4.69, 9.17) is 0 Å². The maximum atomic E-state index is 4.45. The Balaban J connectivity index is 1.63. The number of hydrazone groups is 1. The van der Waals surface area contributed by atoms with Crippen molar-refractivity contribution >= 4 is 18.0 Å². The molecule has 25 heavy (non-hydrogen) atoms. The molecule has 0 atom stereocenters. The first-order valence-corrected chi connectivity index (χ1v) is 8.18. The van der Waals surface area contributed by atoms with Crippen LogP contribution in [0, 0.1) is 13.8 Å². The fourth-order valence-corrected chi connectivity index (χ4v) is 2.31. The molecule has 1 aromatic heterocycles. The highest BCUT2D eigenvalue weighted by atomic mass is 15.3. The van der Waals surface area contributed by atoms with Crippen LogP contribution in [0.15, 0.2) is 65.8 Å². The zero-order valence-corrected chi connectivity index (χ0v) is 14.4. The third-order valence-electron chi connectivity index (χ3n) is 3.62. The summed E-state index contributed by atoms with van der Waals surface area (Å²) in [6, 6.07) is 20.2. The molecule has 0 saturated carbocycles. The number of rotatable bonds is 6. The van der Waals surface area contributed by atoms with Gasteiger partial charge in [0.15, 0.2) is 5.82 Å². The average molecular weight is 331 g/mol. The van der Waals surface area contributed by atoms with Crippen molar-refractivity contribution in [3.63, 3.8) is 0 Å². The molecule has 2 N–H and O–H groups in total. The predicted octanol–water partition coefficient (Wildman–Crippen LogP) is 4.15. The molecule has 0 saturated heterocycles.